The van der Waals surface area contributed by atoms with Gasteiger partial charge in [0.15, 0.2) is 0 Å². The van der Waals surface area contributed by atoms with Gasteiger partial charge in [0.1, 0.15) is 17.7 Å². The highest BCUT2D eigenvalue weighted by molar-refractivity contribution is 6.03. The van der Waals surface area contributed by atoms with Crippen molar-refractivity contribution in [3.8, 4) is 11.1 Å². The van der Waals surface area contributed by atoms with Crippen LogP contribution >= 0.6 is 0 Å². The van der Waals surface area contributed by atoms with Gasteiger partial charge in [-0.3, -0.25) is 19.5 Å². The van der Waals surface area contributed by atoms with Crippen molar-refractivity contribution in [2.75, 3.05) is 23.3 Å². The molecule has 33 heavy (non-hydrogen) atoms. The number of carbonyl (C=O) groups is 3. The van der Waals surface area contributed by atoms with Crippen LogP contribution in [0.5, 0.6) is 0 Å². The van der Waals surface area contributed by atoms with E-state index in [-0.39, 0.29) is 24.9 Å². The van der Waals surface area contributed by atoms with Crippen LogP contribution in [0.15, 0.2) is 61.1 Å². The molecular formula is C23H20FN5O4. The summed E-state index contributed by atoms with van der Waals surface area (Å²) in [4.78, 5) is 44.8. The van der Waals surface area contributed by atoms with Crippen LogP contribution in [0.2, 0.25) is 0 Å². The molecule has 0 bridgehead atoms. The average Bonchev–Trinajstić information content (AvgIpc) is 3.19. The molecule has 1 aliphatic rings. The molecule has 0 spiro atoms. The fourth-order valence-electron chi connectivity index (χ4n) is 3.31. The second kappa shape index (κ2) is 9.43. The van der Waals surface area contributed by atoms with Gasteiger partial charge < -0.3 is 15.4 Å². The van der Waals surface area contributed by atoms with Gasteiger partial charge in [-0.15, -0.1) is 0 Å². The molecule has 1 aliphatic heterocycles. The number of nitrogens with zero attached hydrogens (tertiary/aromatic N) is 3. The number of benzene rings is 1. The van der Waals surface area contributed by atoms with Gasteiger partial charge in [0.2, 0.25) is 5.91 Å². The largest absolute Gasteiger partial charge is 0.442 e. The molecule has 3 amide bonds. The molecule has 168 valence electrons. The molecule has 0 saturated carbocycles. The van der Waals surface area contributed by atoms with Gasteiger partial charge in [-0.05, 0) is 42.5 Å². The Morgan fingerprint density at radius 1 is 1.21 bits per heavy atom. The van der Waals surface area contributed by atoms with Crippen molar-refractivity contribution in [1.29, 1.82) is 0 Å². The van der Waals surface area contributed by atoms with Gasteiger partial charge in [0.05, 0.1) is 24.3 Å². The number of amides is 3. The number of anilines is 2. The summed E-state index contributed by atoms with van der Waals surface area (Å²) in [6.07, 6.45) is 3.35. The molecule has 0 aliphatic carbocycles. The first-order valence-corrected chi connectivity index (χ1v) is 10.1. The average molecular weight is 449 g/mol. The molecule has 2 aromatic heterocycles. The topological polar surface area (TPSA) is 114 Å². The van der Waals surface area contributed by atoms with Gasteiger partial charge in [-0.25, -0.2) is 14.2 Å². The molecule has 1 aromatic carbocycles. The van der Waals surface area contributed by atoms with E-state index < -0.39 is 18.0 Å². The second-order valence-corrected chi connectivity index (χ2v) is 7.35. The van der Waals surface area contributed by atoms with E-state index in [1.165, 1.54) is 30.3 Å². The molecule has 1 saturated heterocycles. The standard InChI is InChI=1S/C23H20FN5O4/c1-14(30)26-12-18-13-29(23(32)33-18)17-5-6-19(20(24)9-17)15-4-7-21(27-11-15)28-22(31)16-3-2-8-25-10-16/h2-11,18H,12-13H2,1H3,(H,26,30)(H,27,28,31)/t18-/m1/s1. The van der Waals surface area contributed by atoms with Crippen molar-refractivity contribution in [2.45, 2.75) is 13.0 Å². The normalized spacial score (nSPS) is 15.2. The monoisotopic (exact) mass is 449 g/mol. The van der Waals surface area contributed by atoms with Crippen LogP contribution < -0.4 is 15.5 Å². The number of hydrogen-bond acceptors (Lipinski definition) is 6. The lowest BCUT2D eigenvalue weighted by Gasteiger charge is -2.14. The van der Waals surface area contributed by atoms with Crippen LogP contribution in [0.3, 0.4) is 0 Å². The summed E-state index contributed by atoms with van der Waals surface area (Å²) in [5.41, 5.74) is 1.54. The van der Waals surface area contributed by atoms with E-state index in [4.69, 9.17) is 4.74 Å². The zero-order valence-electron chi connectivity index (χ0n) is 17.6. The molecule has 0 unspecified atom stereocenters. The number of halogens is 1. The highest BCUT2D eigenvalue weighted by atomic mass is 19.1. The maximum absolute atomic E-state index is 14.9. The van der Waals surface area contributed by atoms with Crippen LogP contribution in [0.1, 0.15) is 17.3 Å². The Labute approximate surface area is 188 Å². The third-order valence-electron chi connectivity index (χ3n) is 4.96. The lowest BCUT2D eigenvalue weighted by atomic mass is 10.1. The van der Waals surface area contributed by atoms with E-state index >= 15 is 0 Å². The van der Waals surface area contributed by atoms with Crippen molar-refractivity contribution in [1.82, 2.24) is 15.3 Å². The molecule has 2 N–H and O–H groups in total. The molecule has 1 fully saturated rings. The first kappa shape index (κ1) is 21.9. The van der Waals surface area contributed by atoms with Crippen molar-refractivity contribution in [3.05, 3.63) is 72.4 Å². The molecule has 4 rings (SSSR count). The van der Waals surface area contributed by atoms with Gasteiger partial charge in [-0.2, -0.15) is 0 Å². The minimum atomic E-state index is -0.604. The maximum Gasteiger partial charge on any atom is 0.414 e. The minimum Gasteiger partial charge on any atom is -0.442 e. The maximum atomic E-state index is 14.9. The molecule has 3 heterocycles. The fourth-order valence-corrected chi connectivity index (χ4v) is 3.31. The number of carbonyl (C=O) groups excluding carboxylic acids is 3. The quantitative estimate of drug-likeness (QED) is 0.598. The molecular weight excluding hydrogens is 429 g/mol. The zero-order chi connectivity index (χ0) is 23.4. The summed E-state index contributed by atoms with van der Waals surface area (Å²) in [7, 11) is 0. The number of rotatable bonds is 6. The predicted molar refractivity (Wildman–Crippen MR) is 118 cm³/mol. The lowest BCUT2D eigenvalue weighted by Crippen LogP contribution is -2.33. The summed E-state index contributed by atoms with van der Waals surface area (Å²) >= 11 is 0. The number of hydrogen-bond donors (Lipinski definition) is 2. The Hall–Kier alpha value is -4.34. The highest BCUT2D eigenvalue weighted by Gasteiger charge is 2.32. The van der Waals surface area contributed by atoms with Crippen molar-refractivity contribution >= 4 is 29.4 Å². The molecule has 10 heteroatoms. The third kappa shape index (κ3) is 5.12. The number of cyclic esters (lactones) is 1. The van der Waals surface area contributed by atoms with E-state index in [0.29, 0.717) is 28.2 Å². The first-order chi connectivity index (χ1) is 15.9. The van der Waals surface area contributed by atoms with Crippen molar-refractivity contribution in [3.63, 3.8) is 0 Å². The SMILES string of the molecule is CC(=O)NC[C@@H]1CN(c2ccc(-c3ccc(NC(=O)c4cccnc4)nc3)c(F)c2)C(=O)O1. The second-order valence-electron chi connectivity index (χ2n) is 7.35. The number of ether oxygens (including phenoxy) is 1. The summed E-state index contributed by atoms with van der Waals surface area (Å²) in [5, 5.41) is 5.25. The number of nitrogens with one attached hydrogen (secondary N) is 2. The minimum absolute atomic E-state index is 0.188. The van der Waals surface area contributed by atoms with E-state index in [1.54, 1.807) is 42.6 Å². The van der Waals surface area contributed by atoms with Crippen LogP contribution in [-0.2, 0) is 9.53 Å². The predicted octanol–water partition coefficient (Wildman–Crippen LogP) is 3.00. The van der Waals surface area contributed by atoms with E-state index in [2.05, 4.69) is 20.6 Å². The van der Waals surface area contributed by atoms with Crippen molar-refractivity contribution in [2.24, 2.45) is 0 Å². The highest BCUT2D eigenvalue weighted by Crippen LogP contribution is 2.29. The molecule has 9 nitrogen and oxygen atoms in total. The summed E-state index contributed by atoms with van der Waals surface area (Å²) in [5.74, 6) is -0.807. The van der Waals surface area contributed by atoms with Gasteiger partial charge >= 0.3 is 6.09 Å². The Morgan fingerprint density at radius 2 is 2.06 bits per heavy atom. The van der Waals surface area contributed by atoms with Crippen LogP contribution in [-0.4, -0.2) is 47.1 Å². The number of pyridine rings is 2. The Kier molecular flexibility index (Phi) is 6.25. The number of aromatic nitrogens is 2. The van der Waals surface area contributed by atoms with Crippen LogP contribution in [0.25, 0.3) is 11.1 Å². The van der Waals surface area contributed by atoms with E-state index in [9.17, 15) is 18.8 Å². The smallest absolute Gasteiger partial charge is 0.414 e. The van der Waals surface area contributed by atoms with Gasteiger partial charge in [-0.1, -0.05) is 0 Å². The molecule has 3 aromatic rings. The third-order valence-corrected chi connectivity index (χ3v) is 4.96. The Balaban J connectivity index is 1.44. The van der Waals surface area contributed by atoms with Crippen LogP contribution in [0, 0.1) is 5.82 Å². The Bertz CT molecular complexity index is 1190. The van der Waals surface area contributed by atoms with E-state index in [1.807, 2.05) is 0 Å². The van der Waals surface area contributed by atoms with Gasteiger partial charge in [0, 0.05) is 36.6 Å². The Morgan fingerprint density at radius 3 is 2.73 bits per heavy atom. The first-order valence-electron chi connectivity index (χ1n) is 10.1. The molecule has 0 radical (unpaired) electrons. The lowest BCUT2D eigenvalue weighted by molar-refractivity contribution is -0.119. The summed E-state index contributed by atoms with van der Waals surface area (Å²) < 4.78 is 20.1. The summed E-state index contributed by atoms with van der Waals surface area (Å²) in [6.45, 7) is 1.76. The fraction of sp³-hybridized carbons (Fsp3) is 0.174. The van der Waals surface area contributed by atoms with E-state index in [0.717, 1.165) is 0 Å². The van der Waals surface area contributed by atoms with Crippen LogP contribution in [0.4, 0.5) is 20.7 Å². The molecule has 1 atom stereocenters. The zero-order valence-corrected chi connectivity index (χ0v) is 17.6. The van der Waals surface area contributed by atoms with Gasteiger partial charge in [0.25, 0.3) is 5.91 Å². The van der Waals surface area contributed by atoms with Crippen molar-refractivity contribution < 1.29 is 23.5 Å². The summed E-state index contributed by atoms with van der Waals surface area (Å²) in [6, 6.07) is 10.9.